The SMILES string of the molecule is Cc1c(Cl)cccc1NC(=O)C1(C)CCCNC1.Cl. The van der Waals surface area contributed by atoms with Gasteiger partial charge in [-0.25, -0.2) is 0 Å². The van der Waals surface area contributed by atoms with Crippen LogP contribution in [0.25, 0.3) is 0 Å². The summed E-state index contributed by atoms with van der Waals surface area (Å²) in [6.45, 7) is 5.66. The molecule has 0 aromatic heterocycles. The lowest BCUT2D eigenvalue weighted by Crippen LogP contribution is -2.46. The third-order valence-electron chi connectivity index (χ3n) is 3.66. The van der Waals surface area contributed by atoms with E-state index in [2.05, 4.69) is 10.6 Å². The summed E-state index contributed by atoms with van der Waals surface area (Å²) in [5.41, 5.74) is 1.40. The van der Waals surface area contributed by atoms with Crippen LogP contribution in [0.2, 0.25) is 5.02 Å². The maximum atomic E-state index is 12.4. The van der Waals surface area contributed by atoms with Gasteiger partial charge in [0.15, 0.2) is 0 Å². The fraction of sp³-hybridized carbons (Fsp3) is 0.500. The third kappa shape index (κ3) is 3.62. The van der Waals surface area contributed by atoms with Crippen LogP contribution in [-0.4, -0.2) is 19.0 Å². The van der Waals surface area contributed by atoms with Gasteiger partial charge in [0, 0.05) is 17.3 Å². The maximum absolute atomic E-state index is 12.4. The molecule has 1 heterocycles. The zero-order valence-electron chi connectivity index (χ0n) is 11.3. The van der Waals surface area contributed by atoms with Crippen molar-refractivity contribution in [1.29, 1.82) is 0 Å². The number of rotatable bonds is 2. The molecular weight excluding hydrogens is 283 g/mol. The molecule has 2 N–H and O–H groups in total. The summed E-state index contributed by atoms with van der Waals surface area (Å²) in [4.78, 5) is 12.4. The molecule has 1 atom stereocenters. The Balaban J connectivity index is 0.00000180. The molecule has 0 bridgehead atoms. The molecule has 0 radical (unpaired) electrons. The van der Waals surface area contributed by atoms with Gasteiger partial charge in [-0.15, -0.1) is 12.4 Å². The van der Waals surface area contributed by atoms with Gasteiger partial charge in [0.25, 0.3) is 0 Å². The highest BCUT2D eigenvalue weighted by Gasteiger charge is 2.34. The molecular formula is C14H20Cl2N2O. The number of hydrogen-bond acceptors (Lipinski definition) is 2. The van der Waals surface area contributed by atoms with Crippen LogP contribution >= 0.6 is 24.0 Å². The first-order valence-electron chi connectivity index (χ1n) is 6.30. The van der Waals surface area contributed by atoms with Crippen molar-refractivity contribution in [3.8, 4) is 0 Å². The van der Waals surface area contributed by atoms with Crippen molar-refractivity contribution in [2.24, 2.45) is 5.41 Å². The highest BCUT2D eigenvalue weighted by atomic mass is 35.5. The van der Waals surface area contributed by atoms with Gasteiger partial charge >= 0.3 is 0 Å². The van der Waals surface area contributed by atoms with E-state index in [0.717, 1.165) is 37.2 Å². The van der Waals surface area contributed by atoms with Crippen molar-refractivity contribution in [2.45, 2.75) is 26.7 Å². The number of benzene rings is 1. The van der Waals surface area contributed by atoms with E-state index in [4.69, 9.17) is 11.6 Å². The van der Waals surface area contributed by atoms with E-state index in [1.165, 1.54) is 0 Å². The van der Waals surface area contributed by atoms with Crippen LogP contribution in [0.3, 0.4) is 0 Å². The molecule has 0 spiro atoms. The lowest BCUT2D eigenvalue weighted by Gasteiger charge is -2.32. The minimum Gasteiger partial charge on any atom is -0.325 e. The Bertz CT molecular complexity index is 457. The van der Waals surface area contributed by atoms with Crippen LogP contribution in [-0.2, 0) is 4.79 Å². The first-order chi connectivity index (χ1) is 8.53. The highest BCUT2D eigenvalue weighted by molar-refractivity contribution is 6.31. The van der Waals surface area contributed by atoms with Crippen molar-refractivity contribution < 1.29 is 4.79 Å². The molecule has 1 aromatic rings. The Kier molecular flexibility index (Phi) is 5.65. The third-order valence-corrected chi connectivity index (χ3v) is 4.07. The van der Waals surface area contributed by atoms with E-state index in [-0.39, 0.29) is 23.7 Å². The zero-order chi connectivity index (χ0) is 13.2. The topological polar surface area (TPSA) is 41.1 Å². The van der Waals surface area contributed by atoms with Crippen molar-refractivity contribution in [3.05, 3.63) is 28.8 Å². The molecule has 1 aliphatic rings. The van der Waals surface area contributed by atoms with E-state index >= 15 is 0 Å². The summed E-state index contributed by atoms with van der Waals surface area (Å²) in [6.07, 6.45) is 1.96. The number of carbonyl (C=O) groups is 1. The van der Waals surface area contributed by atoms with Crippen LogP contribution < -0.4 is 10.6 Å². The predicted octanol–water partition coefficient (Wildman–Crippen LogP) is 3.40. The van der Waals surface area contributed by atoms with E-state index in [1.807, 2.05) is 32.0 Å². The second-order valence-corrected chi connectivity index (χ2v) is 5.61. The van der Waals surface area contributed by atoms with Crippen molar-refractivity contribution in [1.82, 2.24) is 5.32 Å². The first kappa shape index (κ1) is 16.3. The Labute approximate surface area is 125 Å². The molecule has 1 aliphatic heterocycles. The van der Waals surface area contributed by atoms with Crippen molar-refractivity contribution in [3.63, 3.8) is 0 Å². The second kappa shape index (κ2) is 6.60. The van der Waals surface area contributed by atoms with Gasteiger partial charge in [0.2, 0.25) is 5.91 Å². The van der Waals surface area contributed by atoms with E-state index in [1.54, 1.807) is 0 Å². The molecule has 3 nitrogen and oxygen atoms in total. The Morgan fingerprint density at radius 1 is 1.47 bits per heavy atom. The molecule has 19 heavy (non-hydrogen) atoms. The van der Waals surface area contributed by atoms with Crippen LogP contribution in [0.4, 0.5) is 5.69 Å². The number of piperidine rings is 1. The molecule has 0 saturated carbocycles. The minimum atomic E-state index is -0.326. The molecule has 2 rings (SSSR count). The molecule has 0 aliphatic carbocycles. The summed E-state index contributed by atoms with van der Waals surface area (Å²) in [7, 11) is 0. The van der Waals surface area contributed by atoms with Gasteiger partial charge in [-0.3, -0.25) is 4.79 Å². The number of amides is 1. The molecule has 1 fully saturated rings. The number of nitrogens with one attached hydrogen (secondary N) is 2. The number of hydrogen-bond donors (Lipinski definition) is 2. The standard InChI is InChI=1S/C14H19ClN2O.ClH/c1-10-11(15)5-3-6-12(10)17-13(18)14(2)7-4-8-16-9-14;/h3,5-6,16H,4,7-9H2,1-2H3,(H,17,18);1H. The quantitative estimate of drug-likeness (QED) is 0.879. The monoisotopic (exact) mass is 302 g/mol. The molecule has 1 saturated heterocycles. The van der Waals surface area contributed by atoms with Gasteiger partial charge in [-0.2, -0.15) is 0 Å². The average molecular weight is 303 g/mol. The lowest BCUT2D eigenvalue weighted by molar-refractivity contribution is -0.125. The Morgan fingerprint density at radius 2 is 2.21 bits per heavy atom. The maximum Gasteiger partial charge on any atom is 0.231 e. The smallest absolute Gasteiger partial charge is 0.231 e. The van der Waals surface area contributed by atoms with Gasteiger partial charge < -0.3 is 10.6 Å². The van der Waals surface area contributed by atoms with E-state index < -0.39 is 0 Å². The van der Waals surface area contributed by atoms with Crippen LogP contribution in [0, 0.1) is 12.3 Å². The van der Waals surface area contributed by atoms with E-state index in [9.17, 15) is 4.79 Å². The number of carbonyl (C=O) groups excluding carboxylic acids is 1. The fourth-order valence-corrected chi connectivity index (χ4v) is 2.44. The minimum absolute atomic E-state index is 0. The van der Waals surface area contributed by atoms with Gasteiger partial charge in [-0.05, 0) is 50.9 Å². The van der Waals surface area contributed by atoms with Crippen LogP contribution in [0.15, 0.2) is 18.2 Å². The fourth-order valence-electron chi connectivity index (χ4n) is 2.27. The Hall–Kier alpha value is -0.770. The molecule has 1 unspecified atom stereocenters. The lowest BCUT2D eigenvalue weighted by atomic mass is 9.82. The summed E-state index contributed by atoms with van der Waals surface area (Å²) in [6, 6.07) is 5.57. The van der Waals surface area contributed by atoms with Crippen molar-refractivity contribution in [2.75, 3.05) is 18.4 Å². The average Bonchev–Trinajstić information content (AvgIpc) is 2.36. The predicted molar refractivity (Wildman–Crippen MR) is 82.3 cm³/mol. The molecule has 5 heteroatoms. The summed E-state index contributed by atoms with van der Waals surface area (Å²) < 4.78 is 0. The first-order valence-corrected chi connectivity index (χ1v) is 6.68. The summed E-state index contributed by atoms with van der Waals surface area (Å²) in [5, 5.41) is 6.96. The molecule has 1 aromatic carbocycles. The van der Waals surface area contributed by atoms with Gasteiger partial charge in [0.1, 0.15) is 0 Å². The van der Waals surface area contributed by atoms with E-state index in [0.29, 0.717) is 5.02 Å². The summed E-state index contributed by atoms with van der Waals surface area (Å²) in [5.74, 6) is 0.0695. The largest absolute Gasteiger partial charge is 0.325 e. The van der Waals surface area contributed by atoms with Crippen LogP contribution in [0.1, 0.15) is 25.3 Å². The highest BCUT2D eigenvalue weighted by Crippen LogP contribution is 2.29. The molecule has 106 valence electrons. The number of halogens is 2. The van der Waals surface area contributed by atoms with Crippen molar-refractivity contribution >= 4 is 35.6 Å². The Morgan fingerprint density at radius 3 is 2.84 bits per heavy atom. The zero-order valence-corrected chi connectivity index (χ0v) is 12.8. The second-order valence-electron chi connectivity index (χ2n) is 5.21. The van der Waals surface area contributed by atoms with Crippen LogP contribution in [0.5, 0.6) is 0 Å². The molecule has 1 amide bonds. The van der Waals surface area contributed by atoms with Gasteiger partial charge in [-0.1, -0.05) is 17.7 Å². The summed E-state index contributed by atoms with van der Waals surface area (Å²) >= 11 is 6.05. The number of anilines is 1. The normalized spacial score (nSPS) is 22.5. The van der Waals surface area contributed by atoms with Gasteiger partial charge in [0.05, 0.1) is 5.41 Å².